The van der Waals surface area contributed by atoms with Gasteiger partial charge >= 0.3 is 0 Å². The van der Waals surface area contributed by atoms with Gasteiger partial charge in [-0.15, -0.1) is 21.5 Å². The van der Waals surface area contributed by atoms with Crippen LogP contribution in [0.15, 0.2) is 40.3 Å². The predicted octanol–water partition coefficient (Wildman–Crippen LogP) is 3.34. The van der Waals surface area contributed by atoms with Crippen LogP contribution in [0.4, 0.5) is 0 Å². The number of nitrogens with one attached hydrogen (secondary N) is 1. The number of para-hydroxylation sites is 1. The molecule has 1 atom stereocenters. The average molecular weight is 455 g/mol. The third-order valence-corrected chi connectivity index (χ3v) is 8.25. The van der Waals surface area contributed by atoms with Gasteiger partial charge in [0.05, 0.1) is 29.5 Å². The Balaban J connectivity index is 1.71. The van der Waals surface area contributed by atoms with Crippen LogP contribution in [0, 0.1) is 0 Å². The first-order valence-electron chi connectivity index (χ1n) is 11.1. The van der Waals surface area contributed by atoms with Gasteiger partial charge in [0.15, 0.2) is 5.16 Å². The summed E-state index contributed by atoms with van der Waals surface area (Å²) in [6, 6.07) is 9.83. The third-order valence-electron chi connectivity index (χ3n) is 6.02. The van der Waals surface area contributed by atoms with Crippen molar-refractivity contribution in [3.05, 3.63) is 51.1 Å². The standard InChI is InChI=1S/C23H27N5OS2/c1-3-4-5-9-14-30-23-25-24-22-27(16-10-7-6-8-11-16)20(29)19-17-12-13-26(2)15-18(17)31-21(19)28(22)23/h6-8,10-11H,3-5,9,12-15H2,1-2H3/p+1. The van der Waals surface area contributed by atoms with Crippen LogP contribution in [0.2, 0.25) is 0 Å². The SMILES string of the molecule is CCCCCCSc1nnc2n(-c3ccccc3)c(=O)c3c4c(sc3n12)C[NH+](C)CC4. The number of benzene rings is 1. The van der Waals surface area contributed by atoms with E-state index in [1.54, 1.807) is 27.7 Å². The normalized spacial score (nSPS) is 16.3. The van der Waals surface area contributed by atoms with Gasteiger partial charge in [-0.1, -0.05) is 56.1 Å². The summed E-state index contributed by atoms with van der Waals surface area (Å²) in [5, 5.41) is 10.8. The van der Waals surface area contributed by atoms with Gasteiger partial charge in [0, 0.05) is 12.2 Å². The molecule has 162 valence electrons. The van der Waals surface area contributed by atoms with Crippen molar-refractivity contribution in [3.8, 4) is 5.69 Å². The zero-order valence-corrected chi connectivity index (χ0v) is 19.7. The van der Waals surface area contributed by atoms with Crippen LogP contribution in [0.5, 0.6) is 0 Å². The highest BCUT2D eigenvalue weighted by Crippen LogP contribution is 2.33. The lowest BCUT2D eigenvalue weighted by molar-refractivity contribution is -0.895. The Morgan fingerprint density at radius 1 is 1.16 bits per heavy atom. The molecule has 4 aromatic rings. The van der Waals surface area contributed by atoms with Gasteiger partial charge in [-0.25, -0.2) is 8.97 Å². The van der Waals surface area contributed by atoms with Gasteiger partial charge in [-0.05, 0) is 24.1 Å². The molecule has 3 aromatic heterocycles. The van der Waals surface area contributed by atoms with E-state index in [4.69, 9.17) is 0 Å². The molecule has 0 saturated heterocycles. The Hall–Kier alpha value is -2.16. The van der Waals surface area contributed by atoms with Crippen molar-refractivity contribution in [1.29, 1.82) is 0 Å². The molecule has 5 rings (SSSR count). The number of thiophene rings is 1. The first-order valence-corrected chi connectivity index (χ1v) is 12.9. The maximum Gasteiger partial charge on any atom is 0.268 e. The summed E-state index contributed by atoms with van der Waals surface area (Å²) in [6.07, 6.45) is 5.86. The quantitative estimate of drug-likeness (QED) is 0.344. The Kier molecular flexibility index (Phi) is 5.86. The van der Waals surface area contributed by atoms with E-state index in [1.165, 1.54) is 41.0 Å². The molecular weight excluding hydrogens is 426 g/mol. The lowest BCUT2D eigenvalue weighted by atomic mass is 10.1. The second kappa shape index (κ2) is 8.76. The van der Waals surface area contributed by atoms with Crippen molar-refractivity contribution in [2.75, 3.05) is 19.3 Å². The summed E-state index contributed by atoms with van der Waals surface area (Å²) >= 11 is 3.51. The molecule has 0 radical (unpaired) electrons. The van der Waals surface area contributed by atoms with Crippen LogP contribution in [-0.4, -0.2) is 38.5 Å². The first kappa shape index (κ1) is 20.7. The van der Waals surface area contributed by atoms with E-state index in [-0.39, 0.29) is 5.56 Å². The highest BCUT2D eigenvalue weighted by molar-refractivity contribution is 7.99. The third kappa shape index (κ3) is 3.70. The maximum absolute atomic E-state index is 13.8. The first-order chi connectivity index (χ1) is 15.2. The Morgan fingerprint density at radius 2 is 2.00 bits per heavy atom. The molecule has 4 heterocycles. The van der Waals surface area contributed by atoms with Crippen molar-refractivity contribution >= 4 is 39.1 Å². The molecule has 1 N–H and O–H groups in total. The molecule has 0 bridgehead atoms. The number of fused-ring (bicyclic) bond motifs is 5. The number of aromatic nitrogens is 4. The van der Waals surface area contributed by atoms with Crippen LogP contribution < -0.4 is 10.5 Å². The zero-order chi connectivity index (χ0) is 21.4. The van der Waals surface area contributed by atoms with Crippen molar-refractivity contribution in [1.82, 2.24) is 19.2 Å². The van der Waals surface area contributed by atoms with E-state index < -0.39 is 0 Å². The number of nitrogens with zero attached hydrogens (tertiary/aromatic N) is 4. The van der Waals surface area contributed by atoms with E-state index in [0.29, 0.717) is 5.78 Å². The molecule has 31 heavy (non-hydrogen) atoms. The summed E-state index contributed by atoms with van der Waals surface area (Å²) < 4.78 is 3.88. The Morgan fingerprint density at radius 3 is 2.81 bits per heavy atom. The molecule has 1 aromatic carbocycles. The average Bonchev–Trinajstić information content (AvgIpc) is 3.35. The molecule has 1 aliphatic heterocycles. The van der Waals surface area contributed by atoms with Crippen LogP contribution in [0.25, 0.3) is 21.7 Å². The molecule has 0 fully saturated rings. The monoisotopic (exact) mass is 454 g/mol. The highest BCUT2D eigenvalue weighted by atomic mass is 32.2. The summed E-state index contributed by atoms with van der Waals surface area (Å²) in [7, 11) is 2.22. The van der Waals surface area contributed by atoms with Crippen molar-refractivity contribution in [2.45, 2.75) is 50.7 Å². The number of hydrogen-bond acceptors (Lipinski definition) is 5. The van der Waals surface area contributed by atoms with E-state index in [2.05, 4.69) is 28.6 Å². The fraction of sp³-hybridized carbons (Fsp3) is 0.435. The number of unbranched alkanes of at least 4 members (excludes halogenated alkanes) is 3. The van der Waals surface area contributed by atoms with E-state index in [9.17, 15) is 4.79 Å². The Labute approximate surface area is 189 Å². The van der Waals surface area contributed by atoms with Gasteiger partial charge in [-0.3, -0.25) is 4.79 Å². The summed E-state index contributed by atoms with van der Waals surface area (Å²) in [5.41, 5.74) is 2.09. The van der Waals surface area contributed by atoms with Crippen LogP contribution in [0.3, 0.4) is 0 Å². The maximum atomic E-state index is 13.8. The molecule has 6 nitrogen and oxygen atoms in total. The van der Waals surface area contributed by atoms with E-state index in [0.717, 1.165) is 46.3 Å². The number of thioether (sulfide) groups is 1. The second-order valence-electron chi connectivity index (χ2n) is 8.32. The van der Waals surface area contributed by atoms with Gasteiger partial charge in [0.25, 0.3) is 5.56 Å². The lowest BCUT2D eigenvalue weighted by Gasteiger charge is -2.19. The topological polar surface area (TPSA) is 56.6 Å². The molecule has 1 aliphatic rings. The van der Waals surface area contributed by atoms with Gasteiger partial charge < -0.3 is 4.90 Å². The molecule has 8 heteroatoms. The van der Waals surface area contributed by atoms with Gasteiger partial charge in [0.1, 0.15) is 11.4 Å². The second-order valence-corrected chi connectivity index (χ2v) is 10.5. The number of rotatable bonds is 7. The van der Waals surface area contributed by atoms with Crippen molar-refractivity contribution in [2.24, 2.45) is 0 Å². The minimum atomic E-state index is 0.0256. The van der Waals surface area contributed by atoms with E-state index >= 15 is 0 Å². The minimum Gasteiger partial charge on any atom is -0.333 e. The number of hydrogen-bond donors (Lipinski definition) is 1. The largest absolute Gasteiger partial charge is 0.333 e. The summed E-state index contributed by atoms with van der Waals surface area (Å²) in [4.78, 5) is 17.6. The molecule has 0 aliphatic carbocycles. The van der Waals surface area contributed by atoms with Gasteiger partial charge in [0.2, 0.25) is 5.78 Å². The molecular formula is C23H28N5OS2+. The predicted molar refractivity (Wildman–Crippen MR) is 128 cm³/mol. The number of quaternary nitrogens is 1. The Bertz CT molecular complexity index is 1270. The minimum absolute atomic E-state index is 0.0256. The van der Waals surface area contributed by atoms with Crippen LogP contribution in [0.1, 0.15) is 43.0 Å². The summed E-state index contributed by atoms with van der Waals surface area (Å²) in [5.74, 6) is 1.63. The number of likely N-dealkylation sites (N-methyl/N-ethyl adjacent to an activating group) is 1. The molecule has 0 amide bonds. The molecule has 1 unspecified atom stereocenters. The highest BCUT2D eigenvalue weighted by Gasteiger charge is 2.28. The molecule has 0 spiro atoms. The smallest absolute Gasteiger partial charge is 0.268 e. The molecule has 0 saturated carbocycles. The van der Waals surface area contributed by atoms with Crippen LogP contribution >= 0.6 is 23.1 Å². The van der Waals surface area contributed by atoms with Crippen molar-refractivity contribution < 1.29 is 4.90 Å². The van der Waals surface area contributed by atoms with E-state index in [1.807, 2.05) is 30.3 Å². The van der Waals surface area contributed by atoms with Gasteiger partial charge in [-0.2, -0.15) is 0 Å². The fourth-order valence-corrected chi connectivity index (χ4v) is 6.81. The van der Waals surface area contributed by atoms with Crippen molar-refractivity contribution in [3.63, 3.8) is 0 Å². The van der Waals surface area contributed by atoms with Crippen LogP contribution in [-0.2, 0) is 13.0 Å². The summed E-state index contributed by atoms with van der Waals surface area (Å²) in [6.45, 7) is 4.27. The fourth-order valence-electron chi connectivity index (χ4n) is 4.37. The lowest BCUT2D eigenvalue weighted by Crippen LogP contribution is -3.08. The zero-order valence-electron chi connectivity index (χ0n) is 18.1.